The lowest BCUT2D eigenvalue weighted by Crippen LogP contribution is -2.11. The van der Waals surface area contributed by atoms with Crippen LogP contribution in [0.3, 0.4) is 0 Å². The van der Waals surface area contributed by atoms with Gasteiger partial charge in [0.05, 0.1) is 6.10 Å². The third kappa shape index (κ3) is 2.03. The van der Waals surface area contributed by atoms with Crippen molar-refractivity contribution in [3.8, 4) is 0 Å². The molecule has 0 radical (unpaired) electrons. The fourth-order valence-electron chi connectivity index (χ4n) is 0.965. The van der Waals surface area contributed by atoms with E-state index in [1.807, 2.05) is 0 Å². The number of halogens is 1. The summed E-state index contributed by atoms with van der Waals surface area (Å²) in [4.78, 5) is 0. The number of aliphatic hydroxyl groups excluding tert-OH is 1. The summed E-state index contributed by atoms with van der Waals surface area (Å²) in [5.41, 5.74) is 6.60. The Kier molecular flexibility index (Phi) is 3.19. The van der Waals surface area contributed by atoms with Gasteiger partial charge in [-0.25, -0.2) is 4.39 Å². The van der Waals surface area contributed by atoms with E-state index in [0.717, 1.165) is 5.56 Å². The molecular formula is C9H12FNO. The van der Waals surface area contributed by atoms with Crippen LogP contribution in [0.4, 0.5) is 4.39 Å². The van der Waals surface area contributed by atoms with Crippen LogP contribution in [0, 0.1) is 0 Å². The van der Waals surface area contributed by atoms with Crippen LogP contribution in [0.2, 0.25) is 0 Å². The Morgan fingerprint density at radius 1 is 1.33 bits per heavy atom. The summed E-state index contributed by atoms with van der Waals surface area (Å²) in [5.74, 6) is 0. The Morgan fingerprint density at radius 3 is 2.33 bits per heavy atom. The maximum atomic E-state index is 12.1. The topological polar surface area (TPSA) is 46.2 Å². The van der Waals surface area contributed by atoms with Crippen LogP contribution in [0.1, 0.15) is 17.2 Å². The smallest absolute Gasteiger partial charge is 0.115 e. The molecule has 0 saturated carbocycles. The molecule has 3 N–H and O–H groups in total. The van der Waals surface area contributed by atoms with Crippen LogP contribution in [0.15, 0.2) is 24.3 Å². The second kappa shape index (κ2) is 4.18. The molecule has 0 fully saturated rings. The van der Waals surface area contributed by atoms with Gasteiger partial charge in [0, 0.05) is 6.54 Å². The van der Waals surface area contributed by atoms with Crippen LogP contribution in [0.5, 0.6) is 0 Å². The van der Waals surface area contributed by atoms with Gasteiger partial charge in [0.1, 0.15) is 6.67 Å². The molecule has 0 aliphatic heterocycles. The second-order valence-corrected chi connectivity index (χ2v) is 2.63. The predicted octanol–water partition coefficient (Wildman–Crippen LogP) is 1.15. The normalized spacial score (nSPS) is 12.9. The molecule has 2 nitrogen and oxygen atoms in total. The maximum absolute atomic E-state index is 12.1. The fourth-order valence-corrected chi connectivity index (χ4v) is 0.965. The third-order valence-electron chi connectivity index (χ3n) is 1.74. The lowest BCUT2D eigenvalue weighted by molar-refractivity contribution is 0.186. The van der Waals surface area contributed by atoms with E-state index in [4.69, 9.17) is 5.73 Å². The van der Waals surface area contributed by atoms with Crippen molar-refractivity contribution in [1.29, 1.82) is 0 Å². The van der Waals surface area contributed by atoms with E-state index in [1.54, 1.807) is 24.3 Å². The zero-order chi connectivity index (χ0) is 8.97. The largest absolute Gasteiger partial charge is 0.387 e. The van der Waals surface area contributed by atoms with Gasteiger partial charge < -0.3 is 10.8 Å². The summed E-state index contributed by atoms with van der Waals surface area (Å²) in [6.45, 7) is -0.284. The minimum Gasteiger partial charge on any atom is -0.387 e. The quantitative estimate of drug-likeness (QED) is 0.713. The number of hydrogen-bond acceptors (Lipinski definition) is 2. The molecule has 0 aromatic heterocycles. The van der Waals surface area contributed by atoms with Gasteiger partial charge in [0.25, 0.3) is 0 Å². The van der Waals surface area contributed by atoms with Gasteiger partial charge in [0.2, 0.25) is 0 Å². The molecule has 0 aliphatic carbocycles. The first-order chi connectivity index (χ1) is 5.77. The Morgan fingerprint density at radius 2 is 1.92 bits per heavy atom. The minimum atomic E-state index is -0.640. The Hall–Kier alpha value is -0.930. The average molecular weight is 169 g/mol. The number of nitrogens with two attached hydrogens (primary N) is 1. The van der Waals surface area contributed by atoms with Gasteiger partial charge in [-0.1, -0.05) is 24.3 Å². The molecule has 0 amide bonds. The molecule has 1 aromatic carbocycles. The summed E-state index contributed by atoms with van der Waals surface area (Å²) in [6.07, 6.45) is -0.640. The Balaban J connectivity index is 2.77. The number of hydrogen-bond donors (Lipinski definition) is 2. The molecule has 1 unspecified atom stereocenters. The van der Waals surface area contributed by atoms with Crippen LogP contribution < -0.4 is 5.73 Å². The van der Waals surface area contributed by atoms with Gasteiger partial charge in [-0.15, -0.1) is 0 Å². The Labute approximate surface area is 70.8 Å². The van der Waals surface area contributed by atoms with Crippen molar-refractivity contribution in [1.82, 2.24) is 0 Å². The molecule has 0 bridgehead atoms. The first kappa shape index (κ1) is 9.16. The van der Waals surface area contributed by atoms with Crippen molar-refractivity contribution in [2.45, 2.75) is 12.8 Å². The summed E-state index contributed by atoms with van der Waals surface area (Å²) in [6, 6.07) is 6.67. The zero-order valence-corrected chi connectivity index (χ0v) is 6.70. The molecule has 1 aromatic rings. The van der Waals surface area contributed by atoms with E-state index in [0.29, 0.717) is 5.56 Å². The summed E-state index contributed by atoms with van der Waals surface area (Å²) >= 11 is 0. The van der Waals surface area contributed by atoms with Crippen molar-refractivity contribution >= 4 is 0 Å². The molecule has 0 spiro atoms. The van der Waals surface area contributed by atoms with Crippen LogP contribution in [-0.4, -0.2) is 11.7 Å². The van der Waals surface area contributed by atoms with Crippen molar-refractivity contribution in [2.75, 3.05) is 6.54 Å². The summed E-state index contributed by atoms with van der Waals surface area (Å²) in [5, 5.41) is 9.27. The molecule has 3 heteroatoms. The number of aliphatic hydroxyl groups is 1. The Bertz CT molecular complexity index is 235. The van der Waals surface area contributed by atoms with E-state index in [-0.39, 0.29) is 6.54 Å². The molecule has 1 atom stereocenters. The molecule has 1 rings (SSSR count). The van der Waals surface area contributed by atoms with Gasteiger partial charge in [-0.3, -0.25) is 0 Å². The van der Waals surface area contributed by atoms with Crippen molar-refractivity contribution < 1.29 is 9.50 Å². The molecule has 0 aliphatic rings. The highest BCUT2D eigenvalue weighted by molar-refractivity contribution is 5.23. The van der Waals surface area contributed by atoms with Crippen LogP contribution >= 0.6 is 0 Å². The highest BCUT2D eigenvalue weighted by Gasteiger charge is 2.03. The third-order valence-corrected chi connectivity index (χ3v) is 1.74. The second-order valence-electron chi connectivity index (χ2n) is 2.63. The minimum absolute atomic E-state index is 0.189. The monoisotopic (exact) mass is 169 g/mol. The van der Waals surface area contributed by atoms with Gasteiger partial charge in [-0.2, -0.15) is 0 Å². The van der Waals surface area contributed by atoms with Crippen LogP contribution in [0.25, 0.3) is 0 Å². The lowest BCUT2D eigenvalue weighted by Gasteiger charge is -2.07. The molecule has 66 valence electrons. The zero-order valence-electron chi connectivity index (χ0n) is 6.70. The van der Waals surface area contributed by atoms with E-state index >= 15 is 0 Å². The molecule has 0 saturated heterocycles. The predicted molar refractivity (Wildman–Crippen MR) is 45.3 cm³/mol. The highest BCUT2D eigenvalue weighted by Crippen LogP contribution is 2.12. The first-order valence-electron chi connectivity index (χ1n) is 3.81. The molecular weight excluding hydrogens is 157 g/mol. The van der Waals surface area contributed by atoms with E-state index in [2.05, 4.69) is 0 Å². The van der Waals surface area contributed by atoms with E-state index in [9.17, 15) is 9.50 Å². The molecule has 12 heavy (non-hydrogen) atoms. The fraction of sp³-hybridized carbons (Fsp3) is 0.333. The van der Waals surface area contributed by atoms with Crippen LogP contribution in [-0.2, 0) is 6.67 Å². The van der Waals surface area contributed by atoms with Gasteiger partial charge >= 0.3 is 0 Å². The van der Waals surface area contributed by atoms with Crippen molar-refractivity contribution in [3.05, 3.63) is 35.4 Å². The highest BCUT2D eigenvalue weighted by atomic mass is 19.1. The average Bonchev–Trinajstić information content (AvgIpc) is 2.17. The standard InChI is InChI=1S/C9H12FNO/c10-5-7-1-3-8(4-2-7)9(12)6-11/h1-4,9,12H,5-6,11H2. The van der Waals surface area contributed by atoms with Gasteiger partial charge in [0.15, 0.2) is 0 Å². The maximum Gasteiger partial charge on any atom is 0.115 e. The summed E-state index contributed by atoms with van der Waals surface area (Å²) < 4.78 is 12.1. The summed E-state index contributed by atoms with van der Waals surface area (Å²) in [7, 11) is 0. The lowest BCUT2D eigenvalue weighted by atomic mass is 10.1. The van der Waals surface area contributed by atoms with E-state index in [1.165, 1.54) is 0 Å². The number of rotatable bonds is 3. The first-order valence-corrected chi connectivity index (χ1v) is 3.81. The van der Waals surface area contributed by atoms with Crippen molar-refractivity contribution in [3.63, 3.8) is 0 Å². The number of alkyl halides is 1. The molecule has 0 heterocycles. The number of benzene rings is 1. The SMILES string of the molecule is NCC(O)c1ccc(CF)cc1. The van der Waals surface area contributed by atoms with E-state index < -0.39 is 12.8 Å². The van der Waals surface area contributed by atoms with Crippen molar-refractivity contribution in [2.24, 2.45) is 5.73 Å². The van der Waals surface area contributed by atoms with Gasteiger partial charge in [-0.05, 0) is 11.1 Å².